The Balaban J connectivity index is 2.45. The molecule has 2 aromatic carbocycles. The normalized spacial score (nSPS) is 12.6. The summed E-state index contributed by atoms with van der Waals surface area (Å²) in [6.45, 7) is 0. The zero-order valence-electron chi connectivity index (χ0n) is 11.0. The van der Waals surface area contributed by atoms with E-state index in [4.69, 9.17) is 10.7 Å². The molecule has 22 heavy (non-hydrogen) atoms. The molecule has 3 rings (SSSR count). The first-order valence-corrected chi connectivity index (χ1v) is 9.96. The van der Waals surface area contributed by atoms with Crippen molar-refractivity contribution in [2.45, 2.75) is 14.8 Å². The van der Waals surface area contributed by atoms with Gasteiger partial charge in [-0.1, -0.05) is 36.4 Å². The fraction of sp³-hybridized carbons (Fsp3) is 0. The maximum Gasteiger partial charge on any atom is 0.278 e. The first kappa shape index (κ1) is 15.1. The highest BCUT2D eigenvalue weighted by molar-refractivity contribution is 8.14. The van der Waals surface area contributed by atoms with Gasteiger partial charge in [-0.2, -0.15) is 0 Å². The third kappa shape index (κ3) is 2.41. The Morgan fingerprint density at radius 2 is 1.41 bits per heavy atom. The van der Waals surface area contributed by atoms with Crippen molar-refractivity contribution in [1.29, 1.82) is 0 Å². The van der Waals surface area contributed by atoms with Crippen LogP contribution in [0.4, 0.5) is 0 Å². The number of rotatable bonds is 3. The van der Waals surface area contributed by atoms with E-state index in [9.17, 15) is 16.8 Å². The molecule has 5 nitrogen and oxygen atoms in total. The van der Waals surface area contributed by atoms with Gasteiger partial charge in [0.2, 0.25) is 9.84 Å². The summed E-state index contributed by atoms with van der Waals surface area (Å²) in [7, 11) is -2.87. The van der Waals surface area contributed by atoms with Gasteiger partial charge in [0.25, 0.3) is 9.05 Å². The number of nitrogens with one attached hydrogen (secondary N) is 1. The largest absolute Gasteiger partial charge is 0.343 e. The van der Waals surface area contributed by atoms with Crippen molar-refractivity contribution in [2.75, 3.05) is 0 Å². The molecule has 0 atom stereocenters. The lowest BCUT2D eigenvalue weighted by Gasteiger charge is -2.05. The number of benzene rings is 2. The standard InChI is InChI=1S/C14H10ClNO4S2/c15-22(19,20)14-13(11-8-4-5-9-12(11)16-14)21(17,18)10-6-2-1-3-7-10/h1-9,16H. The van der Waals surface area contributed by atoms with Crippen molar-refractivity contribution in [3.8, 4) is 0 Å². The molecule has 0 saturated heterocycles. The van der Waals surface area contributed by atoms with Crippen LogP contribution in [0.15, 0.2) is 69.4 Å². The van der Waals surface area contributed by atoms with Gasteiger partial charge in [0.05, 0.1) is 4.90 Å². The molecule has 0 unspecified atom stereocenters. The molecule has 1 heterocycles. The number of H-pyrrole nitrogens is 1. The van der Waals surface area contributed by atoms with Crippen LogP contribution in [0.5, 0.6) is 0 Å². The lowest BCUT2D eigenvalue weighted by atomic mass is 10.2. The number of sulfone groups is 1. The molecule has 0 fully saturated rings. The summed E-state index contributed by atoms with van der Waals surface area (Å²) < 4.78 is 49.2. The van der Waals surface area contributed by atoms with Gasteiger partial charge in [0, 0.05) is 21.6 Å². The summed E-state index contributed by atoms with van der Waals surface area (Å²) in [6, 6.07) is 14.0. The summed E-state index contributed by atoms with van der Waals surface area (Å²) in [6.07, 6.45) is 0. The highest BCUT2D eigenvalue weighted by atomic mass is 35.7. The van der Waals surface area contributed by atoms with Crippen molar-refractivity contribution in [2.24, 2.45) is 0 Å². The predicted octanol–water partition coefficient (Wildman–Crippen LogP) is 2.93. The highest BCUT2D eigenvalue weighted by Gasteiger charge is 2.31. The Kier molecular flexibility index (Phi) is 3.51. The number of aromatic amines is 1. The van der Waals surface area contributed by atoms with Crippen LogP contribution in [0.3, 0.4) is 0 Å². The molecule has 0 aliphatic heterocycles. The van der Waals surface area contributed by atoms with Crippen LogP contribution in [-0.2, 0) is 18.9 Å². The van der Waals surface area contributed by atoms with Gasteiger partial charge in [-0.05, 0) is 18.2 Å². The van der Waals surface area contributed by atoms with E-state index < -0.39 is 23.9 Å². The molecule has 3 aromatic rings. The Bertz CT molecular complexity index is 1050. The topological polar surface area (TPSA) is 84.1 Å². The van der Waals surface area contributed by atoms with Crippen molar-refractivity contribution >= 4 is 40.5 Å². The molecule has 0 aliphatic rings. The Morgan fingerprint density at radius 3 is 2.05 bits per heavy atom. The number of halogens is 1. The van der Waals surface area contributed by atoms with E-state index >= 15 is 0 Å². The highest BCUT2D eigenvalue weighted by Crippen LogP contribution is 2.35. The van der Waals surface area contributed by atoms with Crippen LogP contribution in [-0.4, -0.2) is 21.8 Å². The van der Waals surface area contributed by atoms with Gasteiger partial charge in [-0.3, -0.25) is 0 Å². The van der Waals surface area contributed by atoms with E-state index in [2.05, 4.69) is 4.98 Å². The maximum atomic E-state index is 12.8. The number of fused-ring (bicyclic) bond motifs is 1. The maximum absolute atomic E-state index is 12.8. The predicted molar refractivity (Wildman–Crippen MR) is 83.2 cm³/mol. The number of hydrogen-bond donors (Lipinski definition) is 1. The first-order chi connectivity index (χ1) is 10.3. The van der Waals surface area contributed by atoms with Gasteiger partial charge in [-0.25, -0.2) is 16.8 Å². The van der Waals surface area contributed by atoms with Gasteiger partial charge < -0.3 is 4.98 Å². The molecule has 1 aromatic heterocycles. The molecule has 0 aliphatic carbocycles. The molecule has 0 saturated carbocycles. The Morgan fingerprint density at radius 1 is 0.818 bits per heavy atom. The summed E-state index contributed by atoms with van der Waals surface area (Å²) in [5.41, 5.74) is 0.385. The van der Waals surface area contributed by atoms with Crippen LogP contribution in [0.1, 0.15) is 0 Å². The third-order valence-corrected chi connectivity index (χ3v) is 6.43. The molecular formula is C14H10ClNO4S2. The minimum Gasteiger partial charge on any atom is -0.343 e. The summed E-state index contributed by atoms with van der Waals surface area (Å²) in [5.74, 6) is 0. The Labute approximate surface area is 131 Å². The number of para-hydroxylation sites is 1. The minimum atomic E-state index is -4.25. The average Bonchev–Trinajstić information content (AvgIpc) is 2.88. The van der Waals surface area contributed by atoms with Crippen molar-refractivity contribution in [3.63, 3.8) is 0 Å². The van der Waals surface area contributed by atoms with E-state index in [0.717, 1.165) is 0 Å². The minimum absolute atomic E-state index is 0.00122. The SMILES string of the molecule is O=S(=O)(Cl)c1[nH]c2ccccc2c1S(=O)(=O)c1ccccc1. The van der Waals surface area contributed by atoms with Crippen LogP contribution in [0.25, 0.3) is 10.9 Å². The zero-order valence-corrected chi connectivity index (χ0v) is 13.4. The van der Waals surface area contributed by atoms with Gasteiger partial charge in [-0.15, -0.1) is 0 Å². The smallest absolute Gasteiger partial charge is 0.278 e. The fourth-order valence-electron chi connectivity index (χ4n) is 2.25. The molecule has 0 amide bonds. The van der Waals surface area contributed by atoms with Gasteiger partial charge in [0.1, 0.15) is 4.90 Å². The van der Waals surface area contributed by atoms with Crippen molar-refractivity contribution in [1.82, 2.24) is 4.98 Å². The van der Waals surface area contributed by atoms with Crippen LogP contribution >= 0.6 is 10.7 Å². The molecule has 8 heteroatoms. The second-order valence-corrected chi connectivity index (χ2v) is 8.97. The summed E-state index contributed by atoms with van der Waals surface area (Å²) in [4.78, 5) is 2.25. The number of hydrogen-bond acceptors (Lipinski definition) is 4. The van der Waals surface area contributed by atoms with E-state index in [-0.39, 0.29) is 15.2 Å². The molecule has 0 radical (unpaired) electrons. The van der Waals surface area contributed by atoms with E-state index in [1.807, 2.05) is 0 Å². The molecule has 0 bridgehead atoms. The lowest BCUT2D eigenvalue weighted by Crippen LogP contribution is -2.06. The average molecular weight is 356 g/mol. The molecular weight excluding hydrogens is 346 g/mol. The number of aromatic nitrogens is 1. The van der Waals surface area contributed by atoms with Crippen molar-refractivity contribution in [3.05, 3.63) is 54.6 Å². The third-order valence-electron chi connectivity index (χ3n) is 3.19. The monoisotopic (exact) mass is 355 g/mol. The fourth-order valence-corrected chi connectivity index (χ4v) is 5.47. The summed E-state index contributed by atoms with van der Waals surface area (Å²) >= 11 is 0. The zero-order chi connectivity index (χ0) is 16.0. The molecule has 0 spiro atoms. The van der Waals surface area contributed by atoms with E-state index in [1.165, 1.54) is 18.2 Å². The van der Waals surface area contributed by atoms with Crippen LogP contribution in [0, 0.1) is 0 Å². The lowest BCUT2D eigenvalue weighted by molar-refractivity contribution is 0.587. The van der Waals surface area contributed by atoms with Gasteiger partial charge in [0.15, 0.2) is 5.03 Å². The molecule has 1 N–H and O–H groups in total. The summed E-state index contributed by atoms with van der Waals surface area (Å²) in [5, 5.41) is -0.232. The Hall–Kier alpha value is -1.83. The quantitative estimate of drug-likeness (QED) is 0.732. The first-order valence-electron chi connectivity index (χ1n) is 6.17. The van der Waals surface area contributed by atoms with Crippen LogP contribution < -0.4 is 0 Å². The second kappa shape index (κ2) is 5.12. The van der Waals surface area contributed by atoms with E-state index in [1.54, 1.807) is 36.4 Å². The molecule has 114 valence electrons. The van der Waals surface area contributed by atoms with Crippen molar-refractivity contribution < 1.29 is 16.8 Å². The second-order valence-electron chi connectivity index (χ2n) is 4.58. The van der Waals surface area contributed by atoms with E-state index in [0.29, 0.717) is 5.52 Å². The van der Waals surface area contributed by atoms with Gasteiger partial charge >= 0.3 is 0 Å². The van der Waals surface area contributed by atoms with Crippen LogP contribution in [0.2, 0.25) is 0 Å².